The topological polar surface area (TPSA) is 61.8 Å². The second-order valence-corrected chi connectivity index (χ2v) is 6.86. The number of carbonyl (C=O) groups excluding carboxylic acids is 1. The van der Waals surface area contributed by atoms with Crippen LogP contribution >= 0.6 is 11.3 Å². The molecule has 3 rings (SSSR count). The molecule has 0 aliphatic carbocycles. The van der Waals surface area contributed by atoms with Crippen LogP contribution < -0.4 is 10.1 Å². The number of methoxy groups -OCH3 is 1. The smallest absolute Gasteiger partial charge is 0.265 e. The molecule has 1 saturated heterocycles. The minimum absolute atomic E-state index is 0.117. The maximum Gasteiger partial charge on any atom is 0.265 e. The molecule has 0 saturated carbocycles. The van der Waals surface area contributed by atoms with E-state index >= 15 is 0 Å². The SMILES string of the molecule is COc1ccsc1C(=O)NCc1ccccc1CN1CC[C@H](O)C1. The number of aliphatic hydroxyl groups excluding tert-OH is 1. The summed E-state index contributed by atoms with van der Waals surface area (Å²) < 4.78 is 5.20. The van der Waals surface area contributed by atoms with Crippen molar-refractivity contribution in [3.63, 3.8) is 0 Å². The number of likely N-dealkylation sites (tertiary alicyclic amines) is 1. The van der Waals surface area contributed by atoms with Crippen molar-refractivity contribution in [2.45, 2.75) is 25.6 Å². The fraction of sp³-hybridized carbons (Fsp3) is 0.389. The van der Waals surface area contributed by atoms with E-state index in [1.165, 1.54) is 16.9 Å². The summed E-state index contributed by atoms with van der Waals surface area (Å²) in [5.74, 6) is 0.491. The Morgan fingerprint density at radius 2 is 2.17 bits per heavy atom. The number of nitrogens with zero attached hydrogens (tertiary/aromatic N) is 1. The number of amides is 1. The average molecular weight is 346 g/mol. The number of hydrogen-bond acceptors (Lipinski definition) is 5. The molecule has 1 fully saturated rings. The lowest BCUT2D eigenvalue weighted by molar-refractivity contribution is 0.0952. The van der Waals surface area contributed by atoms with E-state index in [1.807, 2.05) is 23.6 Å². The Hall–Kier alpha value is -1.89. The van der Waals surface area contributed by atoms with Gasteiger partial charge in [-0.1, -0.05) is 24.3 Å². The Morgan fingerprint density at radius 3 is 2.88 bits per heavy atom. The highest BCUT2D eigenvalue weighted by atomic mass is 32.1. The summed E-state index contributed by atoms with van der Waals surface area (Å²) in [6.45, 7) is 2.90. The van der Waals surface area contributed by atoms with Crippen LogP contribution in [0.1, 0.15) is 27.2 Å². The first-order valence-corrected chi connectivity index (χ1v) is 8.92. The zero-order valence-electron chi connectivity index (χ0n) is 13.7. The first-order valence-electron chi connectivity index (χ1n) is 8.04. The molecule has 0 unspecified atom stereocenters. The number of β-amino-alcohol motifs (C(OH)–C–C–N with tert-alkyl or cyclic N) is 1. The van der Waals surface area contributed by atoms with Crippen LogP contribution in [0.2, 0.25) is 0 Å². The molecule has 0 bridgehead atoms. The Bertz CT molecular complexity index is 701. The third kappa shape index (κ3) is 3.95. The van der Waals surface area contributed by atoms with E-state index < -0.39 is 0 Å². The fourth-order valence-electron chi connectivity index (χ4n) is 2.96. The second kappa shape index (κ2) is 7.79. The predicted octanol–water partition coefficient (Wildman–Crippen LogP) is 2.25. The number of nitrogens with one attached hydrogen (secondary N) is 1. The van der Waals surface area contributed by atoms with Gasteiger partial charge in [-0.25, -0.2) is 0 Å². The van der Waals surface area contributed by atoms with Crippen LogP contribution in [0, 0.1) is 0 Å². The maximum absolute atomic E-state index is 12.3. The van der Waals surface area contributed by atoms with Gasteiger partial charge in [0.15, 0.2) is 0 Å². The lowest BCUT2D eigenvalue weighted by Gasteiger charge is -2.18. The van der Waals surface area contributed by atoms with Crippen LogP contribution in [0.4, 0.5) is 0 Å². The molecule has 0 spiro atoms. The Labute approximate surface area is 145 Å². The van der Waals surface area contributed by atoms with Crippen molar-refractivity contribution in [3.8, 4) is 5.75 Å². The number of rotatable bonds is 6. The van der Waals surface area contributed by atoms with Crippen molar-refractivity contribution in [1.82, 2.24) is 10.2 Å². The zero-order valence-corrected chi connectivity index (χ0v) is 14.5. The molecule has 1 aliphatic heterocycles. The van der Waals surface area contributed by atoms with E-state index in [0.29, 0.717) is 23.7 Å². The first-order chi connectivity index (χ1) is 11.7. The lowest BCUT2D eigenvalue weighted by Crippen LogP contribution is -2.25. The van der Waals surface area contributed by atoms with Gasteiger partial charge in [-0.2, -0.15) is 0 Å². The molecule has 2 aromatic rings. The van der Waals surface area contributed by atoms with Crippen molar-refractivity contribution in [1.29, 1.82) is 0 Å². The Kier molecular flexibility index (Phi) is 5.50. The summed E-state index contributed by atoms with van der Waals surface area (Å²) in [5, 5.41) is 14.5. The third-order valence-electron chi connectivity index (χ3n) is 4.25. The summed E-state index contributed by atoms with van der Waals surface area (Å²) in [6.07, 6.45) is 0.611. The van der Waals surface area contributed by atoms with Crippen molar-refractivity contribution < 1.29 is 14.6 Å². The average Bonchev–Trinajstić information content (AvgIpc) is 3.22. The van der Waals surface area contributed by atoms with E-state index in [0.717, 1.165) is 25.1 Å². The molecular weight excluding hydrogens is 324 g/mol. The van der Waals surface area contributed by atoms with Gasteiger partial charge in [-0.05, 0) is 29.0 Å². The third-order valence-corrected chi connectivity index (χ3v) is 5.15. The van der Waals surface area contributed by atoms with Crippen LogP contribution in [0.3, 0.4) is 0 Å². The van der Waals surface area contributed by atoms with Gasteiger partial charge in [0, 0.05) is 26.2 Å². The van der Waals surface area contributed by atoms with Gasteiger partial charge in [0.25, 0.3) is 5.91 Å². The normalized spacial score (nSPS) is 17.8. The van der Waals surface area contributed by atoms with Crippen molar-refractivity contribution in [2.75, 3.05) is 20.2 Å². The highest BCUT2D eigenvalue weighted by Crippen LogP contribution is 2.24. The number of thiophene rings is 1. The number of carbonyl (C=O) groups is 1. The van der Waals surface area contributed by atoms with Gasteiger partial charge in [0.1, 0.15) is 10.6 Å². The number of ether oxygens (including phenoxy) is 1. The summed E-state index contributed by atoms with van der Waals surface area (Å²) in [6, 6.07) is 9.91. The van der Waals surface area contributed by atoms with Crippen molar-refractivity contribution in [3.05, 3.63) is 51.7 Å². The Balaban J connectivity index is 1.64. The summed E-state index contributed by atoms with van der Waals surface area (Å²) >= 11 is 1.37. The fourth-order valence-corrected chi connectivity index (χ4v) is 3.73. The van der Waals surface area contributed by atoms with Crippen LogP contribution in [-0.4, -0.2) is 42.2 Å². The molecule has 6 heteroatoms. The monoisotopic (exact) mass is 346 g/mol. The highest BCUT2D eigenvalue weighted by molar-refractivity contribution is 7.12. The van der Waals surface area contributed by atoms with E-state index in [1.54, 1.807) is 13.2 Å². The minimum atomic E-state index is -0.219. The van der Waals surface area contributed by atoms with Crippen molar-refractivity contribution in [2.24, 2.45) is 0 Å². The molecule has 128 valence electrons. The lowest BCUT2D eigenvalue weighted by atomic mass is 10.1. The van der Waals surface area contributed by atoms with Gasteiger partial charge < -0.3 is 15.2 Å². The largest absolute Gasteiger partial charge is 0.495 e. The molecule has 2 N–H and O–H groups in total. The predicted molar refractivity (Wildman–Crippen MR) is 94.4 cm³/mol. The second-order valence-electron chi connectivity index (χ2n) is 5.95. The van der Waals surface area contributed by atoms with E-state index in [2.05, 4.69) is 16.3 Å². The Morgan fingerprint density at radius 1 is 1.38 bits per heavy atom. The van der Waals surface area contributed by atoms with Gasteiger partial charge >= 0.3 is 0 Å². The quantitative estimate of drug-likeness (QED) is 0.842. The standard InChI is InChI=1S/C18H22N2O3S/c1-23-16-7-9-24-17(16)18(22)19-10-13-4-2-3-5-14(13)11-20-8-6-15(21)12-20/h2-5,7,9,15,21H,6,8,10-12H2,1H3,(H,19,22)/t15-/m0/s1. The zero-order chi connectivity index (χ0) is 16.9. The molecule has 1 aromatic carbocycles. The van der Waals surface area contributed by atoms with Gasteiger partial charge in [0.2, 0.25) is 0 Å². The maximum atomic E-state index is 12.3. The van der Waals surface area contributed by atoms with E-state index in [-0.39, 0.29) is 12.0 Å². The van der Waals surface area contributed by atoms with Gasteiger partial charge in [-0.3, -0.25) is 9.69 Å². The molecule has 24 heavy (non-hydrogen) atoms. The molecule has 2 heterocycles. The van der Waals surface area contributed by atoms with Crippen LogP contribution in [-0.2, 0) is 13.1 Å². The number of hydrogen-bond donors (Lipinski definition) is 2. The van der Waals surface area contributed by atoms with Crippen LogP contribution in [0.15, 0.2) is 35.7 Å². The molecule has 1 aromatic heterocycles. The van der Waals surface area contributed by atoms with E-state index in [4.69, 9.17) is 4.74 Å². The molecule has 1 atom stereocenters. The van der Waals surface area contributed by atoms with Gasteiger partial charge in [-0.15, -0.1) is 11.3 Å². The van der Waals surface area contributed by atoms with Crippen LogP contribution in [0.25, 0.3) is 0 Å². The summed E-state index contributed by atoms with van der Waals surface area (Å²) in [5.41, 5.74) is 2.29. The van der Waals surface area contributed by atoms with E-state index in [9.17, 15) is 9.90 Å². The minimum Gasteiger partial charge on any atom is -0.495 e. The molecule has 5 nitrogen and oxygen atoms in total. The highest BCUT2D eigenvalue weighted by Gasteiger charge is 2.21. The molecule has 1 aliphatic rings. The summed E-state index contributed by atoms with van der Waals surface area (Å²) in [7, 11) is 1.57. The summed E-state index contributed by atoms with van der Waals surface area (Å²) in [4.78, 5) is 15.2. The molecule has 0 radical (unpaired) electrons. The molecular formula is C18H22N2O3S. The first kappa shape index (κ1) is 17.0. The van der Waals surface area contributed by atoms with Crippen molar-refractivity contribution >= 4 is 17.2 Å². The molecule has 1 amide bonds. The number of benzene rings is 1. The number of aliphatic hydroxyl groups is 1. The van der Waals surface area contributed by atoms with Crippen LogP contribution in [0.5, 0.6) is 5.75 Å². The van der Waals surface area contributed by atoms with Gasteiger partial charge in [0.05, 0.1) is 13.2 Å².